The van der Waals surface area contributed by atoms with Crippen molar-refractivity contribution in [1.29, 1.82) is 0 Å². The van der Waals surface area contributed by atoms with Crippen LogP contribution in [0.2, 0.25) is 0 Å². The highest BCUT2D eigenvalue weighted by molar-refractivity contribution is 9.10. The summed E-state index contributed by atoms with van der Waals surface area (Å²) in [7, 11) is 0. The molecule has 6 heteroatoms. The average molecular weight is 357 g/mol. The van der Waals surface area contributed by atoms with Crippen molar-refractivity contribution in [2.75, 3.05) is 5.32 Å². The number of carbonyl (C=O) groups is 2. The van der Waals surface area contributed by atoms with E-state index in [-0.39, 0.29) is 17.6 Å². The fourth-order valence-corrected chi connectivity index (χ4v) is 2.23. The molecule has 116 valence electrons. The summed E-state index contributed by atoms with van der Waals surface area (Å²) in [6.45, 7) is 6.23. The smallest absolute Gasteiger partial charge is 0.336 e. The summed E-state index contributed by atoms with van der Waals surface area (Å²) >= 11 is 3.16. The SMILES string of the molecule is CC(C)CCC(C)NC(=O)Nc1ccc(Br)c(C(=O)O)c1. The maximum absolute atomic E-state index is 11.9. The quantitative estimate of drug-likeness (QED) is 0.717. The van der Waals surface area contributed by atoms with E-state index in [1.54, 1.807) is 12.1 Å². The lowest BCUT2D eigenvalue weighted by Crippen LogP contribution is -2.36. The molecule has 0 saturated heterocycles. The standard InChI is InChI=1S/C15H21BrN2O3/c1-9(2)4-5-10(3)17-15(21)18-11-6-7-13(16)12(8-11)14(19)20/h6-10H,4-5H2,1-3H3,(H,19,20)(H2,17,18,21). The van der Waals surface area contributed by atoms with Gasteiger partial charge in [0.25, 0.3) is 0 Å². The Bertz CT molecular complexity index is 518. The van der Waals surface area contributed by atoms with Gasteiger partial charge in [0.2, 0.25) is 0 Å². The molecule has 0 radical (unpaired) electrons. The number of benzene rings is 1. The zero-order valence-corrected chi connectivity index (χ0v) is 14.0. The van der Waals surface area contributed by atoms with E-state index in [0.717, 1.165) is 12.8 Å². The molecule has 2 amide bonds. The molecule has 3 N–H and O–H groups in total. The molecule has 0 spiro atoms. The van der Waals surface area contributed by atoms with E-state index in [9.17, 15) is 9.59 Å². The minimum absolute atomic E-state index is 0.0711. The third kappa shape index (κ3) is 6.16. The number of carbonyl (C=O) groups excluding carboxylic acids is 1. The molecule has 1 unspecified atom stereocenters. The van der Waals surface area contributed by atoms with Crippen LogP contribution in [0.25, 0.3) is 0 Å². The number of aromatic carboxylic acids is 1. The molecule has 0 aliphatic heterocycles. The first-order valence-electron chi connectivity index (χ1n) is 6.90. The van der Waals surface area contributed by atoms with E-state index in [1.165, 1.54) is 6.07 Å². The summed E-state index contributed by atoms with van der Waals surface area (Å²) in [4.78, 5) is 22.9. The number of urea groups is 1. The van der Waals surface area contributed by atoms with Gasteiger partial charge in [0.05, 0.1) is 5.56 Å². The fraction of sp³-hybridized carbons (Fsp3) is 0.467. The van der Waals surface area contributed by atoms with Crippen LogP contribution in [0.1, 0.15) is 44.0 Å². The number of nitrogens with one attached hydrogen (secondary N) is 2. The first-order chi connectivity index (χ1) is 9.79. The summed E-state index contributed by atoms with van der Waals surface area (Å²) in [5.74, 6) is -0.446. The molecule has 0 aliphatic rings. The van der Waals surface area contributed by atoms with Crippen LogP contribution < -0.4 is 10.6 Å². The van der Waals surface area contributed by atoms with Crippen LogP contribution in [0.5, 0.6) is 0 Å². The molecule has 0 heterocycles. The van der Waals surface area contributed by atoms with Gasteiger partial charge in [-0.2, -0.15) is 0 Å². The van der Waals surface area contributed by atoms with E-state index in [1.807, 2.05) is 6.92 Å². The van der Waals surface area contributed by atoms with Gasteiger partial charge < -0.3 is 15.7 Å². The van der Waals surface area contributed by atoms with Gasteiger partial charge in [0.1, 0.15) is 0 Å². The van der Waals surface area contributed by atoms with Gasteiger partial charge in [-0.15, -0.1) is 0 Å². The summed E-state index contributed by atoms with van der Waals surface area (Å²) < 4.78 is 0.478. The van der Waals surface area contributed by atoms with Gasteiger partial charge in [-0.25, -0.2) is 9.59 Å². The van der Waals surface area contributed by atoms with Gasteiger partial charge in [0.15, 0.2) is 0 Å². The Balaban J connectivity index is 2.59. The molecule has 0 saturated carbocycles. The fourth-order valence-electron chi connectivity index (χ4n) is 1.81. The summed E-state index contributed by atoms with van der Waals surface area (Å²) in [5.41, 5.74) is 0.560. The summed E-state index contributed by atoms with van der Waals surface area (Å²) in [6.07, 6.45) is 1.95. The van der Waals surface area contributed by atoms with Gasteiger partial charge in [0, 0.05) is 16.2 Å². The lowest BCUT2D eigenvalue weighted by molar-refractivity contribution is 0.0696. The molecule has 1 aromatic rings. The highest BCUT2D eigenvalue weighted by Gasteiger charge is 2.12. The lowest BCUT2D eigenvalue weighted by Gasteiger charge is -2.16. The van der Waals surface area contributed by atoms with Crippen molar-refractivity contribution in [3.8, 4) is 0 Å². The predicted octanol–water partition coefficient (Wildman–Crippen LogP) is 4.09. The van der Waals surface area contributed by atoms with E-state index in [4.69, 9.17) is 5.11 Å². The van der Waals surface area contributed by atoms with Crippen molar-refractivity contribution in [3.05, 3.63) is 28.2 Å². The van der Waals surface area contributed by atoms with Crippen molar-refractivity contribution < 1.29 is 14.7 Å². The normalized spacial score (nSPS) is 12.0. The molecule has 1 rings (SSSR count). The summed E-state index contributed by atoms with van der Waals surface area (Å²) in [6, 6.07) is 4.41. The number of carboxylic acid groups (broad SMARTS) is 1. The van der Waals surface area contributed by atoms with Crippen LogP contribution in [-0.2, 0) is 0 Å². The number of amides is 2. The lowest BCUT2D eigenvalue weighted by atomic mass is 10.0. The van der Waals surface area contributed by atoms with Gasteiger partial charge >= 0.3 is 12.0 Å². The zero-order chi connectivity index (χ0) is 16.0. The van der Waals surface area contributed by atoms with E-state index < -0.39 is 5.97 Å². The molecule has 1 aromatic carbocycles. The molecular formula is C15H21BrN2O3. The maximum Gasteiger partial charge on any atom is 0.336 e. The van der Waals surface area contributed by atoms with Crippen molar-refractivity contribution in [3.63, 3.8) is 0 Å². The van der Waals surface area contributed by atoms with Crippen LogP contribution in [0, 0.1) is 5.92 Å². The Morgan fingerprint density at radius 2 is 1.90 bits per heavy atom. The number of rotatable bonds is 6. The topological polar surface area (TPSA) is 78.4 Å². The Morgan fingerprint density at radius 1 is 1.24 bits per heavy atom. The van der Waals surface area contributed by atoms with Gasteiger partial charge in [-0.05, 0) is 59.8 Å². The van der Waals surface area contributed by atoms with Crippen molar-refractivity contribution in [2.45, 2.75) is 39.7 Å². The summed E-state index contributed by atoms with van der Waals surface area (Å²) in [5, 5.41) is 14.5. The van der Waals surface area contributed by atoms with Crippen LogP contribution in [0.3, 0.4) is 0 Å². The van der Waals surface area contributed by atoms with Gasteiger partial charge in [-0.1, -0.05) is 13.8 Å². The molecule has 0 fully saturated rings. The second-order valence-corrected chi connectivity index (χ2v) is 6.32. The van der Waals surface area contributed by atoms with E-state index >= 15 is 0 Å². The van der Waals surface area contributed by atoms with Gasteiger partial charge in [-0.3, -0.25) is 0 Å². The maximum atomic E-state index is 11.9. The average Bonchev–Trinajstić information content (AvgIpc) is 2.38. The third-order valence-electron chi connectivity index (χ3n) is 3.01. The highest BCUT2D eigenvalue weighted by atomic mass is 79.9. The predicted molar refractivity (Wildman–Crippen MR) is 86.8 cm³/mol. The second kappa shape index (κ2) is 8.02. The molecule has 5 nitrogen and oxygen atoms in total. The first kappa shape index (κ1) is 17.5. The first-order valence-corrected chi connectivity index (χ1v) is 7.69. The molecule has 0 bridgehead atoms. The second-order valence-electron chi connectivity index (χ2n) is 5.47. The van der Waals surface area contributed by atoms with Crippen molar-refractivity contribution in [2.24, 2.45) is 5.92 Å². The number of hydrogen-bond acceptors (Lipinski definition) is 2. The van der Waals surface area contributed by atoms with Crippen LogP contribution in [-0.4, -0.2) is 23.1 Å². The molecule has 0 aliphatic carbocycles. The van der Waals surface area contributed by atoms with Crippen LogP contribution in [0.15, 0.2) is 22.7 Å². The third-order valence-corrected chi connectivity index (χ3v) is 3.70. The highest BCUT2D eigenvalue weighted by Crippen LogP contribution is 2.21. The largest absolute Gasteiger partial charge is 0.478 e. The minimum atomic E-state index is -1.05. The molecule has 1 atom stereocenters. The van der Waals surface area contributed by atoms with Crippen LogP contribution >= 0.6 is 15.9 Å². The van der Waals surface area contributed by atoms with Crippen molar-refractivity contribution >= 4 is 33.6 Å². The number of hydrogen-bond donors (Lipinski definition) is 3. The van der Waals surface area contributed by atoms with Crippen molar-refractivity contribution in [1.82, 2.24) is 5.32 Å². The monoisotopic (exact) mass is 356 g/mol. The van der Waals surface area contributed by atoms with E-state index in [2.05, 4.69) is 40.4 Å². The number of carboxylic acids is 1. The van der Waals surface area contributed by atoms with Crippen LogP contribution in [0.4, 0.5) is 10.5 Å². The Hall–Kier alpha value is -1.56. The number of halogens is 1. The molecular weight excluding hydrogens is 336 g/mol. The zero-order valence-electron chi connectivity index (χ0n) is 12.4. The minimum Gasteiger partial charge on any atom is -0.478 e. The molecule has 0 aromatic heterocycles. The Morgan fingerprint density at radius 3 is 2.48 bits per heavy atom. The Kier molecular flexibility index (Phi) is 6.68. The Labute approximate surface area is 133 Å². The number of anilines is 1. The molecule has 21 heavy (non-hydrogen) atoms. The van der Waals surface area contributed by atoms with E-state index in [0.29, 0.717) is 16.1 Å².